The Balaban J connectivity index is 1.97. The Labute approximate surface area is 102 Å². The van der Waals surface area contributed by atoms with Crippen molar-refractivity contribution in [2.45, 2.75) is 18.8 Å². The van der Waals surface area contributed by atoms with Gasteiger partial charge in [-0.3, -0.25) is 4.90 Å². The lowest BCUT2D eigenvalue weighted by Crippen LogP contribution is -2.20. The normalized spacial score (nSPS) is 28.5. The van der Waals surface area contributed by atoms with Crippen molar-refractivity contribution >= 4 is 38.9 Å². The summed E-state index contributed by atoms with van der Waals surface area (Å²) in [7, 11) is 0. The van der Waals surface area contributed by atoms with Gasteiger partial charge in [0.05, 0.1) is 9.16 Å². The van der Waals surface area contributed by atoms with Crippen LogP contribution in [0.5, 0.6) is 0 Å². The van der Waals surface area contributed by atoms with E-state index >= 15 is 0 Å². The molecule has 0 spiro atoms. The van der Waals surface area contributed by atoms with Crippen LogP contribution in [0.3, 0.4) is 0 Å². The van der Waals surface area contributed by atoms with E-state index in [1.165, 1.54) is 9.35 Å². The third-order valence-corrected chi connectivity index (χ3v) is 5.06. The predicted octanol–water partition coefficient (Wildman–Crippen LogP) is 3.57. The molecule has 1 aromatic heterocycles. The highest BCUT2D eigenvalue weighted by atomic mass is 79.9. The fourth-order valence-corrected chi connectivity index (χ4v) is 3.32. The van der Waals surface area contributed by atoms with Crippen molar-refractivity contribution in [1.29, 1.82) is 0 Å². The first-order valence-electron chi connectivity index (χ1n) is 4.75. The van der Waals surface area contributed by atoms with Gasteiger partial charge in [0.15, 0.2) is 0 Å². The topological polar surface area (TPSA) is 3.24 Å². The van der Waals surface area contributed by atoms with Crippen molar-refractivity contribution in [3.8, 4) is 0 Å². The Bertz CT molecular complexity index is 305. The number of halogens is 2. The zero-order chi connectivity index (χ0) is 10.1. The third-order valence-electron chi connectivity index (χ3n) is 2.68. The molecule has 14 heavy (non-hydrogen) atoms. The van der Waals surface area contributed by atoms with Crippen LogP contribution in [0.15, 0.2) is 15.2 Å². The maximum absolute atomic E-state index is 6.19. The average Bonchev–Trinajstić information content (AvgIpc) is 2.63. The zero-order valence-electron chi connectivity index (χ0n) is 8.04. The number of thiophene rings is 1. The third kappa shape index (κ3) is 2.32. The maximum atomic E-state index is 6.19. The Morgan fingerprint density at radius 2 is 2.43 bits per heavy atom. The molecular formula is C10H13BrClNS. The fraction of sp³-hybridized carbons (Fsp3) is 0.600. The van der Waals surface area contributed by atoms with Gasteiger partial charge < -0.3 is 0 Å². The summed E-state index contributed by atoms with van der Waals surface area (Å²) in [6, 6.07) is 2.18. The van der Waals surface area contributed by atoms with Crippen LogP contribution in [-0.2, 0) is 6.54 Å². The van der Waals surface area contributed by atoms with E-state index in [-0.39, 0.29) is 0 Å². The molecule has 2 heterocycles. The first-order valence-corrected chi connectivity index (χ1v) is 6.86. The molecule has 0 aliphatic carbocycles. The quantitative estimate of drug-likeness (QED) is 0.754. The maximum Gasteiger partial charge on any atom is 0.0743 e. The van der Waals surface area contributed by atoms with Gasteiger partial charge in [0.2, 0.25) is 0 Å². The van der Waals surface area contributed by atoms with E-state index in [1.54, 1.807) is 11.3 Å². The lowest BCUT2D eigenvalue weighted by atomic mass is 10.2. The smallest absolute Gasteiger partial charge is 0.0743 e. The molecule has 0 radical (unpaired) electrons. The lowest BCUT2D eigenvalue weighted by Gasteiger charge is -2.14. The predicted molar refractivity (Wildman–Crippen MR) is 66.1 cm³/mol. The second-order valence-electron chi connectivity index (χ2n) is 3.91. The molecule has 2 rings (SSSR count). The molecule has 1 fully saturated rings. The van der Waals surface area contributed by atoms with Gasteiger partial charge in [0, 0.05) is 19.6 Å². The second-order valence-corrected chi connectivity index (χ2v) is 6.70. The van der Waals surface area contributed by atoms with Crippen LogP contribution in [0.2, 0.25) is 0 Å². The summed E-state index contributed by atoms with van der Waals surface area (Å²) in [6.45, 7) is 5.39. The van der Waals surface area contributed by atoms with Crippen molar-refractivity contribution in [3.63, 3.8) is 0 Å². The Morgan fingerprint density at radius 3 is 2.93 bits per heavy atom. The SMILES string of the molecule is CC1CN(Cc2ccsc2Br)CC1Cl. The Kier molecular flexibility index (Phi) is 3.53. The van der Waals surface area contributed by atoms with Gasteiger partial charge in [-0.1, -0.05) is 6.92 Å². The molecule has 1 aromatic rings. The Hall–Kier alpha value is 0.430. The molecule has 78 valence electrons. The molecule has 0 saturated carbocycles. The highest BCUT2D eigenvalue weighted by Crippen LogP contribution is 2.28. The van der Waals surface area contributed by atoms with Gasteiger partial charge in [-0.2, -0.15) is 0 Å². The molecule has 2 unspecified atom stereocenters. The molecule has 0 N–H and O–H groups in total. The van der Waals surface area contributed by atoms with Crippen molar-refractivity contribution in [2.75, 3.05) is 13.1 Å². The van der Waals surface area contributed by atoms with Crippen LogP contribution in [-0.4, -0.2) is 23.4 Å². The van der Waals surface area contributed by atoms with Crippen LogP contribution in [0.25, 0.3) is 0 Å². The first-order chi connectivity index (χ1) is 6.66. The van der Waals surface area contributed by atoms with Crippen LogP contribution in [0, 0.1) is 5.92 Å². The molecule has 1 saturated heterocycles. The van der Waals surface area contributed by atoms with E-state index in [9.17, 15) is 0 Å². The van der Waals surface area contributed by atoms with E-state index < -0.39 is 0 Å². The molecular weight excluding hydrogens is 282 g/mol. The summed E-state index contributed by atoms with van der Waals surface area (Å²) in [6.07, 6.45) is 0. The summed E-state index contributed by atoms with van der Waals surface area (Å²) in [4.78, 5) is 2.43. The second kappa shape index (κ2) is 4.52. The number of hydrogen-bond acceptors (Lipinski definition) is 2. The summed E-state index contributed by atoms with van der Waals surface area (Å²) >= 11 is 11.5. The van der Waals surface area contributed by atoms with E-state index in [0.29, 0.717) is 11.3 Å². The van der Waals surface area contributed by atoms with Crippen molar-refractivity contribution in [1.82, 2.24) is 4.90 Å². The van der Waals surface area contributed by atoms with Crippen LogP contribution in [0.1, 0.15) is 12.5 Å². The van der Waals surface area contributed by atoms with Crippen molar-refractivity contribution in [2.24, 2.45) is 5.92 Å². The number of alkyl halides is 1. The average molecular weight is 295 g/mol. The Morgan fingerprint density at radius 1 is 1.64 bits per heavy atom. The molecule has 0 bridgehead atoms. The summed E-state index contributed by atoms with van der Waals surface area (Å²) < 4.78 is 1.25. The molecule has 4 heteroatoms. The molecule has 0 aromatic carbocycles. The van der Waals surface area contributed by atoms with E-state index in [4.69, 9.17) is 11.6 Å². The van der Waals surface area contributed by atoms with Gasteiger partial charge in [0.1, 0.15) is 0 Å². The van der Waals surface area contributed by atoms with Crippen LogP contribution < -0.4 is 0 Å². The van der Waals surface area contributed by atoms with Gasteiger partial charge in [-0.15, -0.1) is 22.9 Å². The molecule has 1 aliphatic rings. The van der Waals surface area contributed by atoms with Gasteiger partial charge in [-0.05, 0) is 38.9 Å². The fourth-order valence-electron chi connectivity index (χ4n) is 1.82. The summed E-state index contributed by atoms with van der Waals surface area (Å²) in [5.74, 6) is 0.620. The number of rotatable bonds is 2. The molecule has 1 nitrogen and oxygen atoms in total. The number of nitrogens with zero attached hydrogens (tertiary/aromatic N) is 1. The highest BCUT2D eigenvalue weighted by Gasteiger charge is 2.27. The minimum Gasteiger partial charge on any atom is -0.297 e. The largest absolute Gasteiger partial charge is 0.297 e. The van der Waals surface area contributed by atoms with E-state index in [1.807, 2.05) is 0 Å². The monoisotopic (exact) mass is 293 g/mol. The van der Waals surface area contributed by atoms with Crippen LogP contribution in [0.4, 0.5) is 0 Å². The molecule has 1 aliphatic heterocycles. The van der Waals surface area contributed by atoms with Gasteiger partial charge >= 0.3 is 0 Å². The first kappa shape index (κ1) is 10.9. The van der Waals surface area contributed by atoms with Gasteiger partial charge in [-0.25, -0.2) is 0 Å². The van der Waals surface area contributed by atoms with E-state index in [2.05, 4.69) is 39.2 Å². The van der Waals surface area contributed by atoms with Gasteiger partial charge in [0.25, 0.3) is 0 Å². The number of likely N-dealkylation sites (tertiary alicyclic amines) is 1. The van der Waals surface area contributed by atoms with Crippen molar-refractivity contribution < 1.29 is 0 Å². The highest BCUT2D eigenvalue weighted by molar-refractivity contribution is 9.11. The standard InChI is InChI=1S/C10H13BrClNS/c1-7-4-13(6-9(7)12)5-8-2-3-14-10(8)11/h2-3,7,9H,4-6H2,1H3. The van der Waals surface area contributed by atoms with Crippen LogP contribution >= 0.6 is 38.9 Å². The zero-order valence-corrected chi connectivity index (χ0v) is 11.2. The minimum absolute atomic E-state index is 0.326. The van der Waals surface area contributed by atoms with E-state index in [0.717, 1.165) is 19.6 Å². The summed E-state index contributed by atoms with van der Waals surface area (Å²) in [5, 5.41) is 2.45. The number of hydrogen-bond donors (Lipinski definition) is 0. The summed E-state index contributed by atoms with van der Waals surface area (Å²) in [5.41, 5.74) is 1.38. The minimum atomic E-state index is 0.326. The van der Waals surface area contributed by atoms with Crippen molar-refractivity contribution in [3.05, 3.63) is 20.8 Å². The molecule has 2 atom stereocenters. The molecule has 0 amide bonds. The lowest BCUT2D eigenvalue weighted by molar-refractivity contribution is 0.320.